The Morgan fingerprint density at radius 1 is 1.09 bits per heavy atom. The Kier molecular flexibility index (Phi) is 4.47. The minimum absolute atomic E-state index is 0.442. The molecule has 0 fully saturated rings. The number of pyridine rings is 1. The highest BCUT2D eigenvalue weighted by atomic mass is 16.3. The Bertz CT molecular complexity index is 717. The quantitative estimate of drug-likeness (QED) is 0.842. The van der Waals surface area contributed by atoms with Gasteiger partial charge in [0.2, 0.25) is 0 Å². The van der Waals surface area contributed by atoms with Crippen molar-refractivity contribution in [3.05, 3.63) is 83.2 Å². The van der Waals surface area contributed by atoms with Gasteiger partial charge in [-0.2, -0.15) is 0 Å². The predicted molar refractivity (Wildman–Crippen MR) is 93.2 cm³/mol. The van der Waals surface area contributed by atoms with Gasteiger partial charge < -0.3 is 10.0 Å². The van der Waals surface area contributed by atoms with Crippen LogP contribution < -0.4 is 4.57 Å². The van der Waals surface area contributed by atoms with Crippen LogP contribution in [0.4, 0.5) is 0 Å². The summed E-state index contributed by atoms with van der Waals surface area (Å²) in [5.41, 5.74) is 4.30. The van der Waals surface area contributed by atoms with Crippen LogP contribution in [0.5, 0.6) is 0 Å². The van der Waals surface area contributed by atoms with E-state index in [9.17, 15) is 5.11 Å². The molecule has 0 amide bonds. The SMILES string of the molecule is CN1C=CC(=CC2=C(O)/C(=C/c3cc[n+](C)cc3)CCC2)C=C1. The zero-order valence-electron chi connectivity index (χ0n) is 13.7. The van der Waals surface area contributed by atoms with Crippen LogP contribution in [-0.4, -0.2) is 17.1 Å². The second kappa shape index (κ2) is 6.69. The molecule has 0 spiro atoms. The third kappa shape index (κ3) is 3.81. The van der Waals surface area contributed by atoms with E-state index in [-0.39, 0.29) is 0 Å². The molecule has 2 aliphatic rings. The topological polar surface area (TPSA) is 27.3 Å². The molecule has 0 saturated carbocycles. The number of aryl methyl sites for hydroxylation is 1. The molecule has 0 bridgehead atoms. The van der Waals surface area contributed by atoms with Gasteiger partial charge in [0.1, 0.15) is 12.8 Å². The number of hydrogen-bond acceptors (Lipinski definition) is 2. The highest BCUT2D eigenvalue weighted by Crippen LogP contribution is 2.31. The zero-order valence-corrected chi connectivity index (χ0v) is 13.7. The molecule has 1 N–H and O–H groups in total. The maximum absolute atomic E-state index is 10.6. The molecule has 23 heavy (non-hydrogen) atoms. The Balaban J connectivity index is 1.89. The van der Waals surface area contributed by atoms with Crippen molar-refractivity contribution < 1.29 is 9.67 Å². The van der Waals surface area contributed by atoms with E-state index in [2.05, 4.69) is 36.4 Å². The second-order valence-electron chi connectivity index (χ2n) is 6.14. The Morgan fingerprint density at radius 3 is 2.48 bits per heavy atom. The Labute approximate surface area is 137 Å². The smallest absolute Gasteiger partial charge is 0.169 e. The zero-order chi connectivity index (χ0) is 16.2. The molecule has 118 valence electrons. The molecule has 3 nitrogen and oxygen atoms in total. The van der Waals surface area contributed by atoms with E-state index in [4.69, 9.17) is 0 Å². The first kappa shape index (κ1) is 15.3. The largest absolute Gasteiger partial charge is 0.507 e. The van der Waals surface area contributed by atoms with Crippen molar-refractivity contribution in [1.29, 1.82) is 0 Å². The van der Waals surface area contributed by atoms with E-state index in [0.717, 1.165) is 41.5 Å². The van der Waals surface area contributed by atoms with E-state index in [1.54, 1.807) is 0 Å². The van der Waals surface area contributed by atoms with Gasteiger partial charge >= 0.3 is 0 Å². The van der Waals surface area contributed by atoms with E-state index < -0.39 is 0 Å². The van der Waals surface area contributed by atoms with Crippen molar-refractivity contribution in [2.24, 2.45) is 7.05 Å². The van der Waals surface area contributed by atoms with E-state index in [0.29, 0.717) is 5.76 Å². The fourth-order valence-corrected chi connectivity index (χ4v) is 2.81. The molecule has 2 heterocycles. The molecule has 1 aliphatic heterocycles. The summed E-state index contributed by atoms with van der Waals surface area (Å²) < 4.78 is 2.01. The van der Waals surface area contributed by atoms with Gasteiger partial charge in [0, 0.05) is 31.6 Å². The fourth-order valence-electron chi connectivity index (χ4n) is 2.81. The van der Waals surface area contributed by atoms with E-state index in [1.807, 2.05) is 48.4 Å². The highest BCUT2D eigenvalue weighted by molar-refractivity contribution is 5.59. The first-order valence-electron chi connectivity index (χ1n) is 8.00. The Hall–Kier alpha value is -2.55. The van der Waals surface area contributed by atoms with Crippen molar-refractivity contribution >= 4 is 6.08 Å². The summed E-state index contributed by atoms with van der Waals surface area (Å²) in [5, 5.41) is 10.6. The number of hydrogen-bond donors (Lipinski definition) is 1. The highest BCUT2D eigenvalue weighted by Gasteiger charge is 2.16. The van der Waals surface area contributed by atoms with Gasteiger partial charge in [-0.25, -0.2) is 4.57 Å². The van der Waals surface area contributed by atoms with Crippen LogP contribution in [0.25, 0.3) is 6.08 Å². The maximum Gasteiger partial charge on any atom is 0.169 e. The minimum atomic E-state index is 0.442. The molecule has 0 aromatic carbocycles. The van der Waals surface area contributed by atoms with Crippen molar-refractivity contribution in [3.63, 3.8) is 0 Å². The molecule has 1 aromatic rings. The number of rotatable bonds is 2. The van der Waals surface area contributed by atoms with Gasteiger partial charge in [-0.3, -0.25) is 0 Å². The number of aliphatic hydroxyl groups is 1. The second-order valence-corrected chi connectivity index (χ2v) is 6.14. The normalized spacial score (nSPS) is 19.7. The van der Waals surface area contributed by atoms with Crippen molar-refractivity contribution in [2.45, 2.75) is 19.3 Å². The summed E-state index contributed by atoms with van der Waals surface area (Å²) in [7, 11) is 4.00. The van der Waals surface area contributed by atoms with Crippen LogP contribution in [0, 0.1) is 0 Å². The lowest BCUT2D eigenvalue weighted by Gasteiger charge is -2.18. The third-order valence-electron chi connectivity index (χ3n) is 4.19. The van der Waals surface area contributed by atoms with Crippen LogP contribution in [0.1, 0.15) is 24.8 Å². The third-order valence-corrected chi connectivity index (χ3v) is 4.19. The summed E-state index contributed by atoms with van der Waals surface area (Å²) in [6, 6.07) is 4.13. The first-order chi connectivity index (χ1) is 11.1. The average molecular weight is 307 g/mol. The lowest BCUT2D eigenvalue weighted by molar-refractivity contribution is -0.671. The first-order valence-corrected chi connectivity index (χ1v) is 8.00. The van der Waals surface area contributed by atoms with Gasteiger partial charge in [0.25, 0.3) is 0 Å². The van der Waals surface area contributed by atoms with Crippen LogP contribution in [0.3, 0.4) is 0 Å². The summed E-state index contributed by atoms with van der Waals surface area (Å²) in [6.07, 6.45) is 19.3. The number of aliphatic hydroxyl groups excluding tert-OH is 1. The maximum atomic E-state index is 10.6. The molecule has 3 rings (SSSR count). The van der Waals surface area contributed by atoms with Gasteiger partial charge in [-0.1, -0.05) is 0 Å². The fraction of sp³-hybridized carbons (Fsp3) is 0.250. The van der Waals surface area contributed by atoms with Crippen molar-refractivity contribution in [1.82, 2.24) is 4.90 Å². The molecular formula is C20H23N2O+. The lowest BCUT2D eigenvalue weighted by Crippen LogP contribution is -2.25. The summed E-state index contributed by atoms with van der Waals surface area (Å²) >= 11 is 0. The van der Waals surface area contributed by atoms with Crippen LogP contribution >= 0.6 is 0 Å². The van der Waals surface area contributed by atoms with Gasteiger partial charge in [0.05, 0.1) is 0 Å². The average Bonchev–Trinajstić information content (AvgIpc) is 2.55. The van der Waals surface area contributed by atoms with Gasteiger partial charge in [-0.15, -0.1) is 0 Å². The molecule has 0 unspecified atom stereocenters. The van der Waals surface area contributed by atoms with Gasteiger partial charge in [0.15, 0.2) is 12.4 Å². The molecule has 1 aromatic heterocycles. The number of nitrogens with zero attached hydrogens (tertiary/aromatic N) is 2. The van der Waals surface area contributed by atoms with Crippen LogP contribution in [-0.2, 0) is 7.05 Å². The molecule has 1 aliphatic carbocycles. The molecule has 0 saturated heterocycles. The predicted octanol–water partition coefficient (Wildman–Crippen LogP) is 3.79. The van der Waals surface area contributed by atoms with E-state index in [1.165, 1.54) is 0 Å². The Morgan fingerprint density at radius 2 is 1.78 bits per heavy atom. The molecule has 3 heteroatoms. The van der Waals surface area contributed by atoms with Crippen LogP contribution in [0.15, 0.2) is 77.6 Å². The van der Waals surface area contributed by atoms with Crippen molar-refractivity contribution in [2.75, 3.05) is 7.05 Å². The summed E-state index contributed by atoms with van der Waals surface area (Å²) in [6.45, 7) is 0. The van der Waals surface area contributed by atoms with Gasteiger partial charge in [-0.05, 0) is 65.8 Å². The number of aromatic nitrogens is 1. The number of allylic oxidation sites excluding steroid dienone is 6. The van der Waals surface area contributed by atoms with Crippen LogP contribution in [0.2, 0.25) is 0 Å². The summed E-state index contributed by atoms with van der Waals surface area (Å²) in [4.78, 5) is 2.01. The molecular weight excluding hydrogens is 284 g/mol. The van der Waals surface area contributed by atoms with Crippen molar-refractivity contribution in [3.8, 4) is 0 Å². The molecule has 0 radical (unpaired) electrons. The minimum Gasteiger partial charge on any atom is -0.507 e. The molecule has 0 atom stereocenters. The lowest BCUT2D eigenvalue weighted by atomic mass is 9.90. The monoisotopic (exact) mass is 307 g/mol. The summed E-state index contributed by atoms with van der Waals surface area (Å²) in [5.74, 6) is 0.442. The van der Waals surface area contributed by atoms with E-state index >= 15 is 0 Å². The standard InChI is InChI=1S/C20H22N2O/c1-21-10-6-16(7-11-21)14-18-4-3-5-19(20(18)23)15-17-8-12-22(2)13-9-17/h6-15H,3-5H2,1-2H3/p+1.